The molecule has 0 bridgehead atoms. The molecule has 0 saturated carbocycles. The number of aryl methyl sites for hydroxylation is 1. The normalized spacial score (nSPS) is 12.3. The van der Waals surface area contributed by atoms with Crippen molar-refractivity contribution in [2.24, 2.45) is 0 Å². The van der Waals surface area contributed by atoms with Crippen molar-refractivity contribution in [3.63, 3.8) is 0 Å². The van der Waals surface area contributed by atoms with Crippen LogP contribution in [-0.4, -0.2) is 28.3 Å². The molecular weight excluding hydrogens is 366 g/mol. The number of fused-ring (bicyclic) bond motifs is 1. The zero-order chi connectivity index (χ0) is 20.1. The lowest BCUT2D eigenvalue weighted by Gasteiger charge is -2.11. The van der Waals surface area contributed by atoms with Gasteiger partial charge in [0.2, 0.25) is 5.91 Å². The minimum atomic E-state index is -0.334. The number of benzene rings is 2. The van der Waals surface area contributed by atoms with Crippen molar-refractivity contribution < 1.29 is 9.59 Å². The maximum atomic E-state index is 12.5. The van der Waals surface area contributed by atoms with Gasteiger partial charge in [0.15, 0.2) is 0 Å². The number of para-hydroxylation sites is 2. The van der Waals surface area contributed by atoms with Crippen molar-refractivity contribution >= 4 is 23.4 Å². The molecule has 0 aliphatic heterocycles. The zero-order valence-electron chi connectivity index (χ0n) is 16.0. The van der Waals surface area contributed by atoms with Crippen LogP contribution >= 0.6 is 0 Å². The van der Waals surface area contributed by atoms with Crippen molar-refractivity contribution in [1.82, 2.24) is 15.1 Å². The van der Waals surface area contributed by atoms with Gasteiger partial charge in [0.05, 0.1) is 11.4 Å². The molecule has 1 heterocycles. The molecule has 3 aromatic rings. The van der Waals surface area contributed by atoms with E-state index in [4.69, 9.17) is 5.10 Å². The summed E-state index contributed by atoms with van der Waals surface area (Å²) in [6, 6.07) is 18.6. The lowest BCUT2D eigenvalue weighted by atomic mass is 10.2. The molecule has 3 amide bonds. The molecule has 3 N–H and O–H groups in total. The molecule has 7 nitrogen and oxygen atoms in total. The first-order valence-electron chi connectivity index (χ1n) is 9.76. The van der Waals surface area contributed by atoms with Crippen LogP contribution in [0.15, 0.2) is 60.7 Å². The summed E-state index contributed by atoms with van der Waals surface area (Å²) < 4.78 is 1.80. The predicted octanol–water partition coefficient (Wildman–Crippen LogP) is 3.51. The van der Waals surface area contributed by atoms with Crippen LogP contribution in [-0.2, 0) is 17.6 Å². The van der Waals surface area contributed by atoms with Gasteiger partial charge in [-0.05, 0) is 43.5 Å². The van der Waals surface area contributed by atoms with Crippen LogP contribution in [0.3, 0.4) is 0 Å². The van der Waals surface area contributed by atoms with Crippen LogP contribution in [0.1, 0.15) is 24.1 Å². The molecule has 2 aromatic carbocycles. The minimum absolute atomic E-state index is 0.156. The highest BCUT2D eigenvalue weighted by molar-refractivity contribution is 5.92. The van der Waals surface area contributed by atoms with Gasteiger partial charge in [0.1, 0.15) is 5.82 Å². The Kier molecular flexibility index (Phi) is 5.56. The summed E-state index contributed by atoms with van der Waals surface area (Å²) in [5.74, 6) is 0.583. The number of anilines is 2. The third-order valence-electron chi connectivity index (χ3n) is 4.83. The standard InChI is InChI=1S/C22H23N5O2/c28-20(14-15-23-22(29)24-16-8-3-1-4-9-16)25-21-18-12-7-13-19(18)26-27(21)17-10-5-2-6-11-17/h1-6,8-11H,7,12-15H2,(H,25,28)(H2,23,24,29). The van der Waals surface area contributed by atoms with Gasteiger partial charge in [0.25, 0.3) is 0 Å². The van der Waals surface area contributed by atoms with Gasteiger partial charge in [0, 0.05) is 24.2 Å². The van der Waals surface area contributed by atoms with E-state index < -0.39 is 0 Å². The number of hydrogen-bond acceptors (Lipinski definition) is 3. The highest BCUT2D eigenvalue weighted by Crippen LogP contribution is 2.30. The Morgan fingerprint density at radius 1 is 0.931 bits per heavy atom. The number of urea groups is 1. The van der Waals surface area contributed by atoms with Crippen molar-refractivity contribution in [1.29, 1.82) is 0 Å². The number of carbonyl (C=O) groups is 2. The Labute approximate surface area is 169 Å². The molecule has 7 heteroatoms. The summed E-state index contributed by atoms with van der Waals surface area (Å²) >= 11 is 0. The maximum Gasteiger partial charge on any atom is 0.319 e. The molecule has 1 aliphatic carbocycles. The topological polar surface area (TPSA) is 88.1 Å². The van der Waals surface area contributed by atoms with Gasteiger partial charge in [-0.1, -0.05) is 36.4 Å². The van der Waals surface area contributed by atoms with Gasteiger partial charge < -0.3 is 16.0 Å². The highest BCUT2D eigenvalue weighted by atomic mass is 16.2. The van der Waals surface area contributed by atoms with Crippen LogP contribution in [0, 0.1) is 0 Å². The van der Waals surface area contributed by atoms with Crippen LogP contribution in [0.4, 0.5) is 16.3 Å². The van der Waals surface area contributed by atoms with E-state index in [0.29, 0.717) is 5.69 Å². The first-order valence-corrected chi connectivity index (χ1v) is 9.76. The molecule has 1 aliphatic rings. The zero-order valence-corrected chi connectivity index (χ0v) is 16.0. The molecule has 1 aromatic heterocycles. The first kappa shape index (κ1) is 18.7. The Bertz CT molecular complexity index is 999. The lowest BCUT2D eigenvalue weighted by molar-refractivity contribution is -0.116. The smallest absolute Gasteiger partial charge is 0.319 e. The molecule has 29 heavy (non-hydrogen) atoms. The van der Waals surface area contributed by atoms with E-state index in [1.165, 1.54) is 0 Å². The summed E-state index contributed by atoms with van der Waals surface area (Å²) in [5, 5.41) is 13.1. The Balaban J connectivity index is 1.36. The largest absolute Gasteiger partial charge is 0.337 e. The van der Waals surface area contributed by atoms with E-state index in [0.717, 1.165) is 42.0 Å². The number of rotatable bonds is 6. The second-order valence-corrected chi connectivity index (χ2v) is 6.92. The molecule has 0 atom stereocenters. The monoisotopic (exact) mass is 389 g/mol. The SMILES string of the molecule is O=C(CCNC(=O)Nc1ccccc1)Nc1c2c(nn1-c1ccccc1)CCC2. The first-order chi connectivity index (χ1) is 14.2. The average molecular weight is 389 g/mol. The van der Waals surface area contributed by atoms with Crippen molar-refractivity contribution in [3.05, 3.63) is 71.9 Å². The Morgan fingerprint density at radius 3 is 2.41 bits per heavy atom. The fourth-order valence-electron chi connectivity index (χ4n) is 3.46. The molecule has 148 valence electrons. The van der Waals surface area contributed by atoms with Crippen LogP contribution in [0.2, 0.25) is 0 Å². The molecule has 0 saturated heterocycles. The van der Waals surface area contributed by atoms with Gasteiger partial charge >= 0.3 is 6.03 Å². The summed E-state index contributed by atoms with van der Waals surface area (Å²) in [6.45, 7) is 0.242. The van der Waals surface area contributed by atoms with E-state index in [1.54, 1.807) is 16.8 Å². The molecule has 4 rings (SSSR count). The Hall–Kier alpha value is -3.61. The van der Waals surface area contributed by atoms with E-state index in [1.807, 2.05) is 48.5 Å². The van der Waals surface area contributed by atoms with Gasteiger partial charge in [-0.25, -0.2) is 9.48 Å². The third-order valence-corrected chi connectivity index (χ3v) is 4.83. The summed E-state index contributed by atoms with van der Waals surface area (Å²) in [4.78, 5) is 24.4. The van der Waals surface area contributed by atoms with Gasteiger partial charge in [-0.3, -0.25) is 4.79 Å². The van der Waals surface area contributed by atoms with Crippen molar-refractivity contribution in [2.45, 2.75) is 25.7 Å². The number of amides is 3. The number of nitrogens with zero attached hydrogens (tertiary/aromatic N) is 2. The molecule has 0 unspecified atom stereocenters. The predicted molar refractivity (Wildman–Crippen MR) is 112 cm³/mol. The van der Waals surface area contributed by atoms with Crippen LogP contribution in [0.25, 0.3) is 5.69 Å². The number of nitrogens with one attached hydrogen (secondary N) is 3. The molecule has 0 fully saturated rings. The Morgan fingerprint density at radius 2 is 1.66 bits per heavy atom. The number of carbonyl (C=O) groups excluding carboxylic acids is 2. The lowest BCUT2D eigenvalue weighted by Crippen LogP contribution is -2.31. The molecular formula is C22H23N5O2. The highest BCUT2D eigenvalue weighted by Gasteiger charge is 2.24. The van der Waals surface area contributed by atoms with Crippen molar-refractivity contribution in [2.75, 3.05) is 17.2 Å². The number of hydrogen-bond donors (Lipinski definition) is 3. The third kappa shape index (κ3) is 4.45. The van der Waals surface area contributed by atoms with Crippen molar-refractivity contribution in [3.8, 4) is 5.69 Å². The fourth-order valence-corrected chi connectivity index (χ4v) is 3.46. The summed E-state index contributed by atoms with van der Waals surface area (Å²) in [7, 11) is 0. The van der Waals surface area contributed by atoms with Gasteiger partial charge in [-0.15, -0.1) is 0 Å². The summed E-state index contributed by atoms with van der Waals surface area (Å²) in [6.07, 6.45) is 3.07. The van der Waals surface area contributed by atoms with Crippen LogP contribution < -0.4 is 16.0 Å². The molecule has 0 spiro atoms. The van der Waals surface area contributed by atoms with E-state index >= 15 is 0 Å². The number of aromatic nitrogens is 2. The fraction of sp³-hybridized carbons (Fsp3) is 0.227. The quantitative estimate of drug-likeness (QED) is 0.603. The second kappa shape index (κ2) is 8.60. The van der Waals surface area contributed by atoms with Crippen LogP contribution in [0.5, 0.6) is 0 Å². The molecule has 0 radical (unpaired) electrons. The summed E-state index contributed by atoms with van der Waals surface area (Å²) in [5.41, 5.74) is 3.77. The van der Waals surface area contributed by atoms with E-state index in [-0.39, 0.29) is 24.9 Å². The van der Waals surface area contributed by atoms with E-state index in [2.05, 4.69) is 16.0 Å². The average Bonchev–Trinajstić information content (AvgIpc) is 3.32. The van der Waals surface area contributed by atoms with Gasteiger partial charge in [-0.2, -0.15) is 5.10 Å². The minimum Gasteiger partial charge on any atom is -0.337 e. The van der Waals surface area contributed by atoms with E-state index in [9.17, 15) is 9.59 Å². The maximum absolute atomic E-state index is 12.5. The second-order valence-electron chi connectivity index (χ2n) is 6.92.